The van der Waals surface area contributed by atoms with Gasteiger partial charge in [0.15, 0.2) is 5.96 Å². The van der Waals surface area contributed by atoms with Crippen LogP contribution in [0.2, 0.25) is 0 Å². The summed E-state index contributed by atoms with van der Waals surface area (Å²) in [6.07, 6.45) is 3.68. The first kappa shape index (κ1) is 24.6. The Kier molecular flexibility index (Phi) is 10.2. The number of para-hydroxylation sites is 1. The van der Waals surface area contributed by atoms with E-state index in [1.807, 2.05) is 36.0 Å². The number of ether oxygens (including phenoxy) is 1. The molecule has 0 spiro atoms. The van der Waals surface area contributed by atoms with Gasteiger partial charge in [-0.2, -0.15) is 13.9 Å². The smallest absolute Gasteiger partial charge is 0.387 e. The first-order chi connectivity index (χ1) is 14.6. The molecule has 0 atom stereocenters. The summed E-state index contributed by atoms with van der Waals surface area (Å²) in [4.78, 5) is 4.61. The number of alkyl halides is 2. The normalized spacial score (nSPS) is 11.2. The van der Waals surface area contributed by atoms with Crippen LogP contribution in [0.1, 0.15) is 23.6 Å². The van der Waals surface area contributed by atoms with Crippen molar-refractivity contribution in [3.05, 3.63) is 83.7 Å². The maximum atomic E-state index is 12.6. The largest absolute Gasteiger partial charge is 0.434 e. The zero-order valence-corrected chi connectivity index (χ0v) is 19.5. The van der Waals surface area contributed by atoms with Crippen molar-refractivity contribution in [2.75, 3.05) is 6.54 Å². The average Bonchev–Trinajstić information content (AvgIpc) is 3.24. The first-order valence-electron chi connectivity index (χ1n) is 9.74. The Morgan fingerprint density at radius 2 is 1.90 bits per heavy atom. The number of benzene rings is 2. The molecule has 0 amide bonds. The number of halogens is 3. The molecular weight excluding hydrogens is 515 g/mol. The van der Waals surface area contributed by atoms with E-state index in [2.05, 4.69) is 37.6 Å². The predicted octanol–water partition coefficient (Wildman–Crippen LogP) is 4.41. The highest BCUT2D eigenvalue weighted by Gasteiger charge is 2.09. The van der Waals surface area contributed by atoms with Crippen molar-refractivity contribution in [2.24, 2.45) is 4.99 Å². The van der Waals surface area contributed by atoms with Crippen LogP contribution in [0.4, 0.5) is 8.78 Å². The lowest BCUT2D eigenvalue weighted by atomic mass is 10.1. The average molecular weight is 541 g/mol. The Bertz CT molecular complexity index is 951. The van der Waals surface area contributed by atoms with Crippen molar-refractivity contribution < 1.29 is 13.5 Å². The molecule has 1 heterocycles. The molecule has 3 rings (SSSR count). The van der Waals surface area contributed by atoms with Crippen LogP contribution < -0.4 is 15.4 Å². The molecule has 0 saturated heterocycles. The lowest BCUT2D eigenvalue weighted by molar-refractivity contribution is -0.0504. The summed E-state index contributed by atoms with van der Waals surface area (Å²) in [6.45, 7) is 1.29. The monoisotopic (exact) mass is 541 g/mol. The summed E-state index contributed by atoms with van der Waals surface area (Å²) in [7, 11) is 0. The number of nitrogens with zero attached hydrogens (tertiary/aromatic N) is 3. The molecule has 9 heteroatoms. The van der Waals surface area contributed by atoms with Gasteiger partial charge >= 0.3 is 6.61 Å². The van der Waals surface area contributed by atoms with Crippen molar-refractivity contribution in [1.82, 2.24) is 20.4 Å². The number of hydrogen-bond donors (Lipinski definition) is 2. The summed E-state index contributed by atoms with van der Waals surface area (Å²) < 4.78 is 31.6. The van der Waals surface area contributed by atoms with Crippen LogP contribution in [-0.4, -0.2) is 28.9 Å². The molecular formula is C22H26F2IN5O. The maximum Gasteiger partial charge on any atom is 0.387 e. The van der Waals surface area contributed by atoms with Crippen LogP contribution in [0.5, 0.6) is 5.75 Å². The second-order valence-corrected chi connectivity index (χ2v) is 6.56. The molecule has 6 nitrogen and oxygen atoms in total. The van der Waals surface area contributed by atoms with Crippen LogP contribution >= 0.6 is 24.0 Å². The van der Waals surface area contributed by atoms with E-state index in [4.69, 9.17) is 0 Å². The van der Waals surface area contributed by atoms with Crippen molar-refractivity contribution in [3.63, 3.8) is 0 Å². The zero-order valence-electron chi connectivity index (χ0n) is 17.2. The zero-order chi connectivity index (χ0) is 21.2. The quantitative estimate of drug-likeness (QED) is 0.240. The standard InChI is InChI=1S/C22H25F2N5O.HI/c1-2-25-22(27-15-19-9-3-4-10-20(19)30-21(23)24)26-14-17-7-5-8-18(13-17)16-29-12-6-11-28-29;/h3-13,21H,2,14-16H2,1H3,(H2,25,26,27);1H. The number of rotatable bonds is 9. The molecule has 3 aromatic rings. The number of aliphatic imine (C=N–C) groups is 1. The van der Waals surface area contributed by atoms with Gasteiger partial charge in [0.05, 0.1) is 13.1 Å². The van der Waals surface area contributed by atoms with Gasteiger partial charge in [0, 0.05) is 31.0 Å². The number of aromatic nitrogens is 2. The Hall–Kier alpha value is -2.69. The van der Waals surface area contributed by atoms with E-state index < -0.39 is 6.61 Å². The lowest BCUT2D eigenvalue weighted by Crippen LogP contribution is -2.36. The van der Waals surface area contributed by atoms with E-state index in [-0.39, 0.29) is 29.7 Å². The highest BCUT2D eigenvalue weighted by Crippen LogP contribution is 2.20. The fourth-order valence-corrected chi connectivity index (χ4v) is 2.96. The minimum Gasteiger partial charge on any atom is -0.434 e. The summed E-state index contributed by atoms with van der Waals surface area (Å²) >= 11 is 0. The van der Waals surface area contributed by atoms with Gasteiger partial charge in [0.1, 0.15) is 5.75 Å². The van der Waals surface area contributed by atoms with Gasteiger partial charge in [-0.3, -0.25) is 4.68 Å². The van der Waals surface area contributed by atoms with Crippen molar-refractivity contribution in [2.45, 2.75) is 33.2 Å². The molecule has 2 N–H and O–H groups in total. The maximum absolute atomic E-state index is 12.6. The van der Waals surface area contributed by atoms with Gasteiger partial charge in [-0.15, -0.1) is 24.0 Å². The molecule has 2 aromatic carbocycles. The molecule has 0 unspecified atom stereocenters. The first-order valence-corrected chi connectivity index (χ1v) is 9.74. The van der Waals surface area contributed by atoms with E-state index in [1.165, 1.54) is 6.07 Å². The summed E-state index contributed by atoms with van der Waals surface area (Å²) in [6, 6.07) is 16.8. The van der Waals surface area contributed by atoms with E-state index in [0.717, 1.165) is 11.1 Å². The molecule has 1 aromatic heterocycles. The van der Waals surface area contributed by atoms with E-state index in [0.29, 0.717) is 37.7 Å². The second-order valence-electron chi connectivity index (χ2n) is 6.56. The highest BCUT2D eigenvalue weighted by molar-refractivity contribution is 14.0. The third-order valence-corrected chi connectivity index (χ3v) is 4.29. The topological polar surface area (TPSA) is 63.5 Å². The molecule has 0 bridgehead atoms. The molecule has 0 aliphatic rings. The van der Waals surface area contributed by atoms with Gasteiger partial charge in [-0.25, -0.2) is 4.99 Å². The van der Waals surface area contributed by atoms with Gasteiger partial charge < -0.3 is 15.4 Å². The molecule has 0 radical (unpaired) electrons. The van der Waals surface area contributed by atoms with Crippen LogP contribution in [-0.2, 0) is 19.6 Å². The molecule has 0 aliphatic heterocycles. The molecule has 0 aliphatic carbocycles. The van der Waals surface area contributed by atoms with E-state index >= 15 is 0 Å². The SMILES string of the molecule is CCNC(=NCc1cccc(Cn2cccn2)c1)NCc1ccccc1OC(F)F.I. The van der Waals surface area contributed by atoms with Crippen LogP contribution in [0.25, 0.3) is 0 Å². The lowest BCUT2D eigenvalue weighted by Gasteiger charge is -2.14. The molecule has 166 valence electrons. The Morgan fingerprint density at radius 3 is 2.65 bits per heavy atom. The van der Waals surface area contributed by atoms with Gasteiger partial charge in [0.2, 0.25) is 0 Å². The minimum absolute atomic E-state index is 0. The Morgan fingerprint density at radius 1 is 1.10 bits per heavy atom. The summed E-state index contributed by atoms with van der Waals surface area (Å²) in [5.74, 6) is 0.754. The third kappa shape index (κ3) is 8.16. The van der Waals surface area contributed by atoms with E-state index in [1.54, 1.807) is 24.4 Å². The van der Waals surface area contributed by atoms with Crippen LogP contribution in [0, 0.1) is 0 Å². The molecule has 0 saturated carbocycles. The fourth-order valence-electron chi connectivity index (χ4n) is 2.96. The highest BCUT2D eigenvalue weighted by atomic mass is 127. The molecule has 31 heavy (non-hydrogen) atoms. The number of nitrogens with one attached hydrogen (secondary N) is 2. The summed E-state index contributed by atoms with van der Waals surface area (Å²) in [5.41, 5.74) is 2.84. The minimum atomic E-state index is -2.86. The van der Waals surface area contributed by atoms with Crippen molar-refractivity contribution in [1.29, 1.82) is 0 Å². The Labute approximate surface area is 197 Å². The Balaban J connectivity index is 0.00000341. The van der Waals surface area contributed by atoms with Gasteiger partial charge in [-0.1, -0.05) is 42.5 Å². The summed E-state index contributed by atoms with van der Waals surface area (Å²) in [5, 5.41) is 10.6. The number of guanidine groups is 1. The van der Waals surface area contributed by atoms with E-state index in [9.17, 15) is 8.78 Å². The van der Waals surface area contributed by atoms with Crippen LogP contribution in [0.3, 0.4) is 0 Å². The van der Waals surface area contributed by atoms with Crippen LogP contribution in [0.15, 0.2) is 72.0 Å². The second kappa shape index (κ2) is 12.9. The predicted molar refractivity (Wildman–Crippen MR) is 128 cm³/mol. The molecule has 0 fully saturated rings. The van der Waals surface area contributed by atoms with Gasteiger partial charge in [-0.05, 0) is 30.2 Å². The third-order valence-electron chi connectivity index (χ3n) is 4.29. The fraction of sp³-hybridized carbons (Fsp3) is 0.273. The van der Waals surface area contributed by atoms with Crippen molar-refractivity contribution in [3.8, 4) is 5.75 Å². The van der Waals surface area contributed by atoms with Crippen molar-refractivity contribution >= 4 is 29.9 Å². The van der Waals surface area contributed by atoms with Gasteiger partial charge in [0.25, 0.3) is 0 Å². The number of hydrogen-bond acceptors (Lipinski definition) is 3.